The van der Waals surface area contributed by atoms with E-state index in [4.69, 9.17) is 0 Å². The minimum atomic E-state index is -0.499. The molecule has 0 fully saturated rings. The fraction of sp³-hybridized carbons (Fsp3) is 0.500. The van der Waals surface area contributed by atoms with Crippen LogP contribution in [0.15, 0.2) is 24.8 Å². The average molecular weight is 239 g/mol. The fourth-order valence-electron chi connectivity index (χ4n) is 1.24. The molecule has 0 aromatic carbocycles. The van der Waals surface area contributed by atoms with Gasteiger partial charge < -0.3 is 5.32 Å². The fourth-order valence-corrected chi connectivity index (χ4v) is 1.24. The van der Waals surface area contributed by atoms with E-state index in [1.54, 1.807) is 6.08 Å². The number of rotatable bonds is 7. The third-order valence-electron chi connectivity index (χ3n) is 1.97. The first-order valence-electron chi connectivity index (χ1n) is 5.54. The zero-order valence-electron chi connectivity index (χ0n) is 10.6. The van der Waals surface area contributed by atoms with Gasteiger partial charge in [0.1, 0.15) is 0 Å². The van der Waals surface area contributed by atoms with Crippen molar-refractivity contribution >= 4 is 11.9 Å². The highest BCUT2D eigenvalue weighted by Crippen LogP contribution is 1.94. The largest absolute Gasteiger partial charge is 0.334 e. The molecular weight excluding hydrogens is 218 g/mol. The van der Waals surface area contributed by atoms with Gasteiger partial charge in [-0.05, 0) is 13.5 Å². The monoisotopic (exact) mass is 239 g/mol. The summed E-state index contributed by atoms with van der Waals surface area (Å²) in [5.41, 5.74) is 0.982. The summed E-state index contributed by atoms with van der Waals surface area (Å²) in [5.74, 6) is -0.324. The molecule has 0 aromatic rings. The molecule has 0 spiro atoms. The zero-order chi connectivity index (χ0) is 13.3. The Kier molecular flexibility index (Phi) is 7.71. The Labute approximate surface area is 103 Å². The van der Waals surface area contributed by atoms with Gasteiger partial charge >= 0.3 is 6.03 Å². The van der Waals surface area contributed by atoms with Gasteiger partial charge in [0, 0.05) is 13.1 Å². The van der Waals surface area contributed by atoms with E-state index >= 15 is 0 Å². The number of carbonyl (C=O) groups excluding carboxylic acids is 2. The molecule has 17 heavy (non-hydrogen) atoms. The van der Waals surface area contributed by atoms with Gasteiger partial charge in [-0.25, -0.2) is 4.79 Å². The molecule has 0 heterocycles. The van der Waals surface area contributed by atoms with E-state index in [2.05, 4.69) is 23.8 Å². The van der Waals surface area contributed by atoms with Crippen LogP contribution in [0.2, 0.25) is 0 Å². The Morgan fingerprint density at radius 2 is 2.00 bits per heavy atom. The predicted octanol–water partition coefficient (Wildman–Crippen LogP) is 0.896. The Morgan fingerprint density at radius 1 is 1.35 bits per heavy atom. The molecule has 96 valence electrons. The summed E-state index contributed by atoms with van der Waals surface area (Å²) in [6.07, 6.45) is 1.55. The minimum absolute atomic E-state index is 0.185. The molecule has 5 nitrogen and oxygen atoms in total. The summed E-state index contributed by atoms with van der Waals surface area (Å²) in [7, 11) is 0. The Balaban J connectivity index is 4.01. The highest BCUT2D eigenvalue weighted by Gasteiger charge is 2.11. The van der Waals surface area contributed by atoms with E-state index in [0.717, 1.165) is 12.1 Å². The lowest BCUT2D eigenvalue weighted by molar-refractivity contribution is -0.121. The Morgan fingerprint density at radius 3 is 2.47 bits per heavy atom. The minimum Gasteiger partial charge on any atom is -0.334 e. The number of hydrogen-bond acceptors (Lipinski definition) is 3. The van der Waals surface area contributed by atoms with E-state index in [-0.39, 0.29) is 12.5 Å². The average Bonchev–Trinajstić information content (AvgIpc) is 2.24. The highest BCUT2D eigenvalue weighted by molar-refractivity contribution is 5.95. The van der Waals surface area contributed by atoms with E-state index in [9.17, 15) is 9.59 Å². The topological polar surface area (TPSA) is 61.4 Å². The number of hydrogen-bond donors (Lipinski definition) is 2. The number of amides is 3. The molecule has 0 aliphatic heterocycles. The normalized spacial score (nSPS) is 9.82. The van der Waals surface area contributed by atoms with Crippen LogP contribution in [0.25, 0.3) is 0 Å². The molecular formula is C12H21N3O2. The van der Waals surface area contributed by atoms with E-state index in [1.165, 1.54) is 0 Å². The van der Waals surface area contributed by atoms with Crippen molar-refractivity contribution in [2.75, 3.05) is 26.2 Å². The van der Waals surface area contributed by atoms with Gasteiger partial charge in [-0.15, -0.1) is 6.58 Å². The maximum Gasteiger partial charge on any atom is 0.321 e. The van der Waals surface area contributed by atoms with Crippen molar-refractivity contribution in [2.45, 2.75) is 13.8 Å². The summed E-state index contributed by atoms with van der Waals surface area (Å²) in [4.78, 5) is 24.6. The maximum absolute atomic E-state index is 11.5. The first-order chi connectivity index (χ1) is 7.99. The van der Waals surface area contributed by atoms with Crippen LogP contribution in [0.5, 0.6) is 0 Å². The van der Waals surface area contributed by atoms with Crippen LogP contribution in [0.1, 0.15) is 13.8 Å². The Hall–Kier alpha value is -1.62. The number of nitrogens with zero attached hydrogens (tertiary/aromatic N) is 1. The first-order valence-corrected chi connectivity index (χ1v) is 5.54. The molecule has 0 aliphatic carbocycles. The molecule has 0 saturated carbocycles. The molecule has 0 rings (SSSR count). The number of urea groups is 1. The van der Waals surface area contributed by atoms with Gasteiger partial charge in [0.05, 0.1) is 6.54 Å². The van der Waals surface area contributed by atoms with Crippen LogP contribution in [0.4, 0.5) is 4.79 Å². The molecule has 0 unspecified atom stereocenters. The highest BCUT2D eigenvalue weighted by atomic mass is 16.2. The predicted molar refractivity (Wildman–Crippen MR) is 68.7 cm³/mol. The molecule has 5 heteroatoms. The first kappa shape index (κ1) is 15.4. The second kappa shape index (κ2) is 8.52. The van der Waals surface area contributed by atoms with Crippen molar-refractivity contribution in [1.29, 1.82) is 0 Å². The van der Waals surface area contributed by atoms with E-state index in [1.807, 2.05) is 18.7 Å². The summed E-state index contributed by atoms with van der Waals surface area (Å²) < 4.78 is 0. The van der Waals surface area contributed by atoms with Gasteiger partial charge in [0.25, 0.3) is 0 Å². The zero-order valence-corrected chi connectivity index (χ0v) is 10.6. The summed E-state index contributed by atoms with van der Waals surface area (Å²) in [5, 5.41) is 4.71. The molecule has 3 amide bonds. The van der Waals surface area contributed by atoms with E-state index in [0.29, 0.717) is 13.1 Å². The van der Waals surface area contributed by atoms with Crippen molar-refractivity contribution in [3.05, 3.63) is 24.8 Å². The van der Waals surface area contributed by atoms with Crippen molar-refractivity contribution in [2.24, 2.45) is 0 Å². The standard InChI is InChI=1S/C12H21N3O2/c1-5-7-13-12(17)14-11(16)9-15(6-2)8-10(3)4/h5H,1,3,6-9H2,2,4H3,(H2,13,14,16,17). The lowest BCUT2D eigenvalue weighted by Crippen LogP contribution is -2.44. The molecule has 0 bridgehead atoms. The summed E-state index contributed by atoms with van der Waals surface area (Å²) in [6.45, 7) is 13.0. The van der Waals surface area contributed by atoms with Crippen molar-refractivity contribution in [3.8, 4) is 0 Å². The van der Waals surface area contributed by atoms with Crippen LogP contribution in [-0.4, -0.2) is 43.0 Å². The SMILES string of the molecule is C=CCNC(=O)NC(=O)CN(CC)CC(=C)C. The third kappa shape index (κ3) is 8.21. The lowest BCUT2D eigenvalue weighted by Gasteiger charge is -2.19. The van der Waals surface area contributed by atoms with Crippen molar-refractivity contribution in [3.63, 3.8) is 0 Å². The van der Waals surface area contributed by atoms with Gasteiger partial charge in [0.15, 0.2) is 0 Å². The van der Waals surface area contributed by atoms with Gasteiger partial charge in [-0.2, -0.15) is 0 Å². The van der Waals surface area contributed by atoms with Gasteiger partial charge in [-0.1, -0.05) is 25.2 Å². The van der Waals surface area contributed by atoms with Gasteiger partial charge in [-0.3, -0.25) is 15.0 Å². The molecule has 2 N–H and O–H groups in total. The van der Waals surface area contributed by atoms with Crippen LogP contribution in [-0.2, 0) is 4.79 Å². The third-order valence-corrected chi connectivity index (χ3v) is 1.97. The van der Waals surface area contributed by atoms with Crippen LogP contribution < -0.4 is 10.6 Å². The number of nitrogens with one attached hydrogen (secondary N) is 2. The van der Waals surface area contributed by atoms with E-state index < -0.39 is 6.03 Å². The molecule has 0 radical (unpaired) electrons. The number of likely N-dealkylation sites (N-methyl/N-ethyl adjacent to an activating group) is 1. The molecule has 0 saturated heterocycles. The molecule has 0 atom stereocenters. The summed E-state index contributed by atoms with van der Waals surface area (Å²) in [6, 6.07) is -0.499. The second-order valence-electron chi connectivity index (χ2n) is 3.81. The van der Waals surface area contributed by atoms with Gasteiger partial charge in [0.2, 0.25) is 5.91 Å². The molecule has 0 aliphatic rings. The number of carbonyl (C=O) groups is 2. The van der Waals surface area contributed by atoms with Crippen LogP contribution >= 0.6 is 0 Å². The Bertz CT molecular complexity index is 300. The van der Waals surface area contributed by atoms with Crippen molar-refractivity contribution < 1.29 is 9.59 Å². The smallest absolute Gasteiger partial charge is 0.321 e. The quantitative estimate of drug-likeness (QED) is 0.649. The van der Waals surface area contributed by atoms with Crippen LogP contribution in [0.3, 0.4) is 0 Å². The maximum atomic E-state index is 11.5. The molecule has 0 aromatic heterocycles. The van der Waals surface area contributed by atoms with Crippen molar-refractivity contribution in [1.82, 2.24) is 15.5 Å². The number of imide groups is 1. The lowest BCUT2D eigenvalue weighted by atomic mass is 10.3. The summed E-state index contributed by atoms with van der Waals surface area (Å²) >= 11 is 0. The van der Waals surface area contributed by atoms with Crippen LogP contribution in [0, 0.1) is 0 Å². The second-order valence-corrected chi connectivity index (χ2v) is 3.81.